The first kappa shape index (κ1) is 17.7. The maximum Gasteiger partial charge on any atom is 0.164 e. The molecule has 0 amide bonds. The van der Waals surface area contributed by atoms with E-state index in [1.807, 2.05) is 53.5 Å². The van der Waals surface area contributed by atoms with Gasteiger partial charge in [-0.15, -0.1) is 0 Å². The van der Waals surface area contributed by atoms with Gasteiger partial charge in [-0.3, -0.25) is 10.1 Å². The number of hydrogen-bond donors (Lipinski definition) is 1. The molecule has 4 heterocycles. The summed E-state index contributed by atoms with van der Waals surface area (Å²) in [5, 5.41) is 7.20. The number of aromatic amines is 1. The second kappa shape index (κ2) is 7.21. The molecule has 0 saturated heterocycles. The first-order valence-corrected chi connectivity index (χ1v) is 9.97. The Morgan fingerprint density at radius 2 is 1.83 bits per heavy atom. The van der Waals surface area contributed by atoms with E-state index in [9.17, 15) is 0 Å². The van der Waals surface area contributed by atoms with Crippen LogP contribution in [0.15, 0.2) is 65.8 Å². The molecule has 5 rings (SSSR count). The van der Waals surface area contributed by atoms with Gasteiger partial charge in [-0.2, -0.15) is 5.10 Å². The highest BCUT2D eigenvalue weighted by atomic mass is 79.9. The molecule has 7 nitrogen and oxygen atoms in total. The number of nitrogens with one attached hydrogen (secondary N) is 1. The lowest BCUT2D eigenvalue weighted by Gasteiger charge is -2.08. The fourth-order valence-electron chi connectivity index (χ4n) is 3.30. The zero-order valence-electron chi connectivity index (χ0n) is 15.5. The van der Waals surface area contributed by atoms with Crippen molar-refractivity contribution in [1.82, 2.24) is 34.7 Å². The van der Waals surface area contributed by atoms with E-state index in [1.54, 1.807) is 12.4 Å². The molecule has 0 bridgehead atoms. The molecule has 0 fully saturated rings. The van der Waals surface area contributed by atoms with Crippen molar-refractivity contribution < 1.29 is 0 Å². The molecular weight excluding hydrogens is 430 g/mol. The van der Waals surface area contributed by atoms with Gasteiger partial charge in [0, 0.05) is 41.8 Å². The molecule has 8 heteroatoms. The fraction of sp³-hybridized carbons (Fsp3) is 0.0952. The van der Waals surface area contributed by atoms with Gasteiger partial charge < -0.3 is 4.57 Å². The number of halogens is 1. The molecule has 1 aromatic carbocycles. The van der Waals surface area contributed by atoms with Crippen molar-refractivity contribution >= 4 is 27.1 Å². The normalized spacial score (nSPS) is 11.2. The van der Waals surface area contributed by atoms with Crippen molar-refractivity contribution in [2.45, 2.75) is 13.5 Å². The molecule has 5 aromatic rings. The summed E-state index contributed by atoms with van der Waals surface area (Å²) in [6.45, 7) is 2.85. The number of fused-ring (bicyclic) bond motifs is 1. The Morgan fingerprint density at radius 3 is 2.59 bits per heavy atom. The van der Waals surface area contributed by atoms with E-state index in [1.165, 1.54) is 0 Å². The molecule has 0 aliphatic carbocycles. The highest BCUT2D eigenvalue weighted by Crippen LogP contribution is 2.31. The van der Waals surface area contributed by atoms with Crippen molar-refractivity contribution in [3.05, 3.63) is 65.8 Å². The van der Waals surface area contributed by atoms with Crippen molar-refractivity contribution in [3.8, 4) is 33.9 Å². The van der Waals surface area contributed by atoms with Gasteiger partial charge in [0.15, 0.2) is 11.5 Å². The number of H-pyrrole nitrogens is 1. The second-order valence-electron chi connectivity index (χ2n) is 6.50. The Kier molecular flexibility index (Phi) is 4.40. The Morgan fingerprint density at radius 1 is 1.00 bits per heavy atom. The summed E-state index contributed by atoms with van der Waals surface area (Å²) in [5.74, 6) is 0.646. The van der Waals surface area contributed by atoms with Crippen LogP contribution in [0.25, 0.3) is 45.1 Å². The number of hydrogen-bond acceptors (Lipinski definition) is 5. The fourth-order valence-corrected chi connectivity index (χ4v) is 3.72. The SMILES string of the molecule is CCn1cnc2c(-c3ccncc3)nc(-c3cccc(-c4n[nH]cc4Br)c3)nc21. The van der Waals surface area contributed by atoms with Crippen LogP contribution < -0.4 is 0 Å². The number of rotatable bonds is 4. The average molecular weight is 446 g/mol. The number of aryl methyl sites for hydroxylation is 1. The first-order chi connectivity index (χ1) is 14.2. The van der Waals surface area contributed by atoms with Crippen LogP contribution in [-0.2, 0) is 6.54 Å². The number of aromatic nitrogens is 7. The Balaban J connectivity index is 1.73. The van der Waals surface area contributed by atoms with Gasteiger partial charge in [0.2, 0.25) is 0 Å². The third kappa shape index (κ3) is 3.11. The molecule has 4 aromatic heterocycles. The predicted molar refractivity (Wildman–Crippen MR) is 115 cm³/mol. The minimum Gasteiger partial charge on any atom is -0.315 e. The third-order valence-electron chi connectivity index (χ3n) is 4.75. The molecular formula is C21H16BrN7. The van der Waals surface area contributed by atoms with Crippen LogP contribution in [0.2, 0.25) is 0 Å². The van der Waals surface area contributed by atoms with E-state index in [2.05, 4.69) is 43.0 Å². The summed E-state index contributed by atoms with van der Waals surface area (Å²) in [6, 6.07) is 11.9. The summed E-state index contributed by atoms with van der Waals surface area (Å²) >= 11 is 3.53. The maximum absolute atomic E-state index is 4.88. The topological polar surface area (TPSA) is 85.2 Å². The van der Waals surface area contributed by atoms with Crippen molar-refractivity contribution in [1.29, 1.82) is 0 Å². The molecule has 0 aliphatic heterocycles. The minimum atomic E-state index is 0.646. The van der Waals surface area contributed by atoms with Crippen LogP contribution in [0.4, 0.5) is 0 Å². The highest BCUT2D eigenvalue weighted by Gasteiger charge is 2.16. The van der Waals surface area contributed by atoms with Crippen molar-refractivity contribution in [3.63, 3.8) is 0 Å². The van der Waals surface area contributed by atoms with Gasteiger partial charge in [0.25, 0.3) is 0 Å². The van der Waals surface area contributed by atoms with Gasteiger partial charge in [0.1, 0.15) is 16.9 Å². The van der Waals surface area contributed by atoms with Crippen LogP contribution in [0.3, 0.4) is 0 Å². The Labute approximate surface area is 175 Å². The number of benzene rings is 1. The summed E-state index contributed by atoms with van der Waals surface area (Å²) in [6.07, 6.45) is 7.14. The van der Waals surface area contributed by atoms with E-state index >= 15 is 0 Å². The smallest absolute Gasteiger partial charge is 0.164 e. The van der Waals surface area contributed by atoms with Crippen LogP contribution >= 0.6 is 15.9 Å². The lowest BCUT2D eigenvalue weighted by molar-refractivity contribution is 0.778. The average Bonchev–Trinajstić information content (AvgIpc) is 3.39. The molecule has 1 N–H and O–H groups in total. The quantitative estimate of drug-likeness (QED) is 0.432. The lowest BCUT2D eigenvalue weighted by Crippen LogP contribution is -1.99. The summed E-state index contributed by atoms with van der Waals surface area (Å²) in [5.41, 5.74) is 6.10. The van der Waals surface area contributed by atoms with Crippen molar-refractivity contribution in [2.75, 3.05) is 0 Å². The van der Waals surface area contributed by atoms with Crippen LogP contribution in [0, 0.1) is 0 Å². The van der Waals surface area contributed by atoms with Crippen LogP contribution in [-0.4, -0.2) is 34.7 Å². The Bertz CT molecular complexity index is 1310. The Hall–Kier alpha value is -3.39. The monoisotopic (exact) mass is 445 g/mol. The van der Waals surface area contributed by atoms with Gasteiger partial charge in [-0.25, -0.2) is 15.0 Å². The predicted octanol–water partition coefficient (Wildman–Crippen LogP) is 4.73. The molecule has 0 atom stereocenters. The van der Waals surface area contributed by atoms with E-state index in [0.29, 0.717) is 5.82 Å². The van der Waals surface area contributed by atoms with E-state index in [0.717, 1.165) is 50.3 Å². The van der Waals surface area contributed by atoms with Gasteiger partial charge in [-0.05, 0) is 41.1 Å². The minimum absolute atomic E-state index is 0.646. The number of pyridine rings is 1. The molecule has 0 radical (unpaired) electrons. The first-order valence-electron chi connectivity index (χ1n) is 9.18. The molecule has 0 unspecified atom stereocenters. The molecule has 142 valence electrons. The molecule has 0 saturated carbocycles. The molecule has 0 spiro atoms. The molecule has 29 heavy (non-hydrogen) atoms. The lowest BCUT2D eigenvalue weighted by atomic mass is 10.1. The van der Waals surface area contributed by atoms with Gasteiger partial charge in [-0.1, -0.05) is 18.2 Å². The van der Waals surface area contributed by atoms with Gasteiger partial charge in [0.05, 0.1) is 10.8 Å². The number of imidazole rings is 1. The largest absolute Gasteiger partial charge is 0.315 e. The van der Waals surface area contributed by atoms with Crippen LogP contribution in [0.5, 0.6) is 0 Å². The molecule has 0 aliphatic rings. The standard InChI is InChI=1S/C21H16BrN7/c1-2-29-12-24-19-18(13-6-8-23-9-7-13)26-20(27-21(19)29)15-5-3-4-14(10-15)17-16(22)11-25-28-17/h3-12H,2H2,1H3,(H,25,28). The van der Waals surface area contributed by atoms with Gasteiger partial charge >= 0.3 is 0 Å². The van der Waals surface area contributed by atoms with E-state index in [4.69, 9.17) is 9.97 Å². The van der Waals surface area contributed by atoms with Crippen LogP contribution in [0.1, 0.15) is 6.92 Å². The van der Waals surface area contributed by atoms with E-state index in [-0.39, 0.29) is 0 Å². The third-order valence-corrected chi connectivity index (χ3v) is 5.35. The zero-order chi connectivity index (χ0) is 19.8. The summed E-state index contributed by atoms with van der Waals surface area (Å²) < 4.78 is 2.94. The zero-order valence-corrected chi connectivity index (χ0v) is 17.1. The van der Waals surface area contributed by atoms with E-state index < -0.39 is 0 Å². The maximum atomic E-state index is 4.88. The summed E-state index contributed by atoms with van der Waals surface area (Å²) in [4.78, 5) is 18.4. The highest BCUT2D eigenvalue weighted by molar-refractivity contribution is 9.10. The van der Waals surface area contributed by atoms with Crippen molar-refractivity contribution in [2.24, 2.45) is 0 Å². The number of nitrogens with zero attached hydrogens (tertiary/aromatic N) is 6. The second-order valence-corrected chi connectivity index (χ2v) is 7.35. The summed E-state index contributed by atoms with van der Waals surface area (Å²) in [7, 11) is 0.